The lowest BCUT2D eigenvalue weighted by atomic mass is 10.2. The van der Waals surface area contributed by atoms with Crippen LogP contribution >= 0.6 is 0 Å². The molecular weight excluding hydrogens is 222 g/mol. The standard InChI is InChI=1S/C12H11NO4/c1-7(14)11(15)13-9-6-8-4-2-3-5-10(8)17-12(9)16/h2-7,14H,1H3,(H,13,15). The second-order valence-corrected chi connectivity index (χ2v) is 3.65. The number of benzene rings is 1. The summed E-state index contributed by atoms with van der Waals surface area (Å²) in [4.78, 5) is 22.8. The smallest absolute Gasteiger partial charge is 0.360 e. The number of anilines is 1. The molecule has 0 bridgehead atoms. The van der Waals surface area contributed by atoms with Gasteiger partial charge in [0.25, 0.3) is 5.91 Å². The van der Waals surface area contributed by atoms with Crippen molar-refractivity contribution >= 4 is 22.6 Å². The Bertz CT molecular complexity index is 615. The number of fused-ring (bicyclic) bond motifs is 1. The summed E-state index contributed by atoms with van der Waals surface area (Å²) in [5, 5.41) is 12.1. The van der Waals surface area contributed by atoms with Crippen molar-refractivity contribution in [3.8, 4) is 0 Å². The van der Waals surface area contributed by atoms with Crippen molar-refractivity contribution in [1.82, 2.24) is 0 Å². The number of carbonyl (C=O) groups excluding carboxylic acids is 1. The van der Waals surface area contributed by atoms with Gasteiger partial charge in [-0.1, -0.05) is 18.2 Å². The number of hydrogen-bond donors (Lipinski definition) is 2. The van der Waals surface area contributed by atoms with Crippen molar-refractivity contribution in [2.45, 2.75) is 13.0 Å². The molecule has 0 aliphatic heterocycles. The van der Waals surface area contributed by atoms with Gasteiger partial charge in [0, 0.05) is 5.39 Å². The van der Waals surface area contributed by atoms with Crippen LogP contribution in [0.1, 0.15) is 6.92 Å². The maximum Gasteiger partial charge on any atom is 0.360 e. The second kappa shape index (κ2) is 4.39. The van der Waals surface area contributed by atoms with Crippen LogP contribution in [0.25, 0.3) is 11.0 Å². The van der Waals surface area contributed by atoms with Crippen LogP contribution in [0, 0.1) is 0 Å². The SMILES string of the molecule is CC(O)C(=O)Nc1cc2ccccc2oc1=O. The average Bonchev–Trinajstić information content (AvgIpc) is 2.29. The van der Waals surface area contributed by atoms with Crippen LogP contribution in [0.5, 0.6) is 0 Å². The van der Waals surface area contributed by atoms with E-state index in [4.69, 9.17) is 9.52 Å². The summed E-state index contributed by atoms with van der Waals surface area (Å²) >= 11 is 0. The Morgan fingerprint density at radius 1 is 1.41 bits per heavy atom. The Morgan fingerprint density at radius 2 is 2.12 bits per heavy atom. The van der Waals surface area contributed by atoms with Gasteiger partial charge in [-0.05, 0) is 19.1 Å². The molecule has 5 nitrogen and oxygen atoms in total. The van der Waals surface area contributed by atoms with Crippen molar-refractivity contribution in [2.24, 2.45) is 0 Å². The number of hydrogen-bond acceptors (Lipinski definition) is 4. The van der Waals surface area contributed by atoms with Gasteiger partial charge in [0.1, 0.15) is 17.4 Å². The highest BCUT2D eigenvalue weighted by molar-refractivity contribution is 5.94. The molecule has 17 heavy (non-hydrogen) atoms. The van der Waals surface area contributed by atoms with Gasteiger partial charge in [0.15, 0.2) is 0 Å². The fourth-order valence-corrected chi connectivity index (χ4v) is 1.39. The zero-order valence-corrected chi connectivity index (χ0v) is 9.14. The van der Waals surface area contributed by atoms with Crippen LogP contribution in [0.4, 0.5) is 5.69 Å². The lowest BCUT2D eigenvalue weighted by molar-refractivity contribution is -0.123. The highest BCUT2D eigenvalue weighted by atomic mass is 16.4. The summed E-state index contributed by atoms with van der Waals surface area (Å²) in [6.07, 6.45) is -1.18. The molecule has 0 fully saturated rings. The minimum absolute atomic E-state index is 0.0228. The maximum absolute atomic E-state index is 11.5. The van der Waals surface area contributed by atoms with E-state index >= 15 is 0 Å². The number of aliphatic hydroxyl groups excluding tert-OH is 1. The van der Waals surface area contributed by atoms with Gasteiger partial charge in [-0.25, -0.2) is 4.79 Å². The highest BCUT2D eigenvalue weighted by Crippen LogP contribution is 2.15. The summed E-state index contributed by atoms with van der Waals surface area (Å²) in [5.41, 5.74) is -0.167. The molecule has 0 radical (unpaired) electrons. The third kappa shape index (κ3) is 2.34. The first kappa shape index (κ1) is 11.3. The Hall–Kier alpha value is -2.14. The average molecular weight is 233 g/mol. The number of carbonyl (C=O) groups is 1. The Labute approximate surface area is 96.7 Å². The lowest BCUT2D eigenvalue weighted by Crippen LogP contribution is -2.27. The molecule has 1 heterocycles. The van der Waals surface area contributed by atoms with Crippen molar-refractivity contribution < 1.29 is 14.3 Å². The quantitative estimate of drug-likeness (QED) is 0.761. The van der Waals surface area contributed by atoms with E-state index in [1.54, 1.807) is 24.3 Å². The molecule has 0 aliphatic carbocycles. The Balaban J connectivity index is 2.44. The van der Waals surface area contributed by atoms with Gasteiger partial charge in [-0.15, -0.1) is 0 Å². The predicted molar refractivity (Wildman–Crippen MR) is 62.8 cm³/mol. The third-order valence-electron chi connectivity index (χ3n) is 2.28. The van der Waals surface area contributed by atoms with E-state index in [-0.39, 0.29) is 5.69 Å². The van der Waals surface area contributed by atoms with Crippen LogP contribution in [-0.2, 0) is 4.79 Å². The van der Waals surface area contributed by atoms with Crippen LogP contribution in [0.3, 0.4) is 0 Å². The van der Waals surface area contributed by atoms with E-state index in [2.05, 4.69) is 5.32 Å². The molecular formula is C12H11NO4. The second-order valence-electron chi connectivity index (χ2n) is 3.65. The molecule has 2 rings (SSSR count). The van der Waals surface area contributed by atoms with Gasteiger partial charge in [0.2, 0.25) is 0 Å². The summed E-state index contributed by atoms with van der Waals surface area (Å²) in [6.45, 7) is 1.32. The first-order valence-electron chi connectivity index (χ1n) is 5.10. The molecule has 0 spiro atoms. The predicted octanol–water partition coefficient (Wildman–Crippen LogP) is 1.11. The van der Waals surface area contributed by atoms with Crippen molar-refractivity contribution in [2.75, 3.05) is 5.32 Å². The zero-order chi connectivity index (χ0) is 12.4. The Kier molecular flexibility index (Phi) is 2.93. The van der Waals surface area contributed by atoms with Gasteiger partial charge in [-0.3, -0.25) is 4.79 Å². The minimum atomic E-state index is -1.18. The number of rotatable bonds is 2. The molecule has 1 aromatic carbocycles. The van der Waals surface area contributed by atoms with Gasteiger partial charge < -0.3 is 14.8 Å². The van der Waals surface area contributed by atoms with Crippen molar-refractivity contribution in [3.05, 3.63) is 40.8 Å². The Morgan fingerprint density at radius 3 is 2.82 bits per heavy atom. The molecule has 1 unspecified atom stereocenters. The molecule has 1 amide bonds. The minimum Gasteiger partial charge on any atom is -0.421 e. The third-order valence-corrected chi connectivity index (χ3v) is 2.28. The van der Waals surface area contributed by atoms with Crippen LogP contribution in [-0.4, -0.2) is 17.1 Å². The number of nitrogens with one attached hydrogen (secondary N) is 1. The van der Waals surface area contributed by atoms with E-state index in [1.807, 2.05) is 0 Å². The molecule has 88 valence electrons. The molecule has 2 N–H and O–H groups in total. The van der Waals surface area contributed by atoms with Gasteiger partial charge in [0.05, 0.1) is 0 Å². The summed E-state index contributed by atoms with van der Waals surface area (Å²) in [6, 6.07) is 8.48. The lowest BCUT2D eigenvalue weighted by Gasteiger charge is -2.06. The molecule has 5 heteroatoms. The van der Waals surface area contributed by atoms with Crippen LogP contribution in [0.15, 0.2) is 39.5 Å². The van der Waals surface area contributed by atoms with E-state index in [9.17, 15) is 9.59 Å². The first-order chi connectivity index (χ1) is 8.08. The monoisotopic (exact) mass is 233 g/mol. The molecule has 0 saturated heterocycles. The highest BCUT2D eigenvalue weighted by Gasteiger charge is 2.12. The maximum atomic E-state index is 11.5. The first-order valence-corrected chi connectivity index (χ1v) is 5.10. The molecule has 1 aromatic heterocycles. The van der Waals surface area contributed by atoms with Gasteiger partial charge >= 0.3 is 5.63 Å². The number of para-hydroxylation sites is 1. The molecule has 0 saturated carbocycles. The zero-order valence-electron chi connectivity index (χ0n) is 9.14. The molecule has 2 aromatic rings. The van der Waals surface area contributed by atoms with Crippen molar-refractivity contribution in [3.63, 3.8) is 0 Å². The largest absolute Gasteiger partial charge is 0.421 e. The van der Waals surface area contributed by atoms with E-state index in [0.717, 1.165) is 0 Å². The van der Waals surface area contributed by atoms with Crippen LogP contribution in [0.2, 0.25) is 0 Å². The fraction of sp³-hybridized carbons (Fsp3) is 0.167. The normalized spacial score (nSPS) is 12.4. The fourth-order valence-electron chi connectivity index (χ4n) is 1.39. The molecule has 1 atom stereocenters. The topological polar surface area (TPSA) is 79.5 Å². The van der Waals surface area contributed by atoms with E-state index in [0.29, 0.717) is 11.0 Å². The number of amides is 1. The summed E-state index contributed by atoms with van der Waals surface area (Å²) < 4.78 is 5.02. The van der Waals surface area contributed by atoms with E-state index < -0.39 is 17.6 Å². The van der Waals surface area contributed by atoms with Crippen LogP contribution < -0.4 is 10.9 Å². The molecule has 0 aliphatic rings. The van der Waals surface area contributed by atoms with Gasteiger partial charge in [-0.2, -0.15) is 0 Å². The summed E-state index contributed by atoms with van der Waals surface area (Å²) in [5.74, 6) is -0.646. The van der Waals surface area contributed by atoms with E-state index in [1.165, 1.54) is 13.0 Å². The summed E-state index contributed by atoms with van der Waals surface area (Å²) in [7, 11) is 0. The number of aliphatic hydroxyl groups is 1. The van der Waals surface area contributed by atoms with Crippen molar-refractivity contribution in [1.29, 1.82) is 0 Å².